The van der Waals surface area contributed by atoms with Crippen molar-refractivity contribution >= 4 is 0 Å². The van der Waals surface area contributed by atoms with E-state index in [0.717, 1.165) is 32.6 Å². The van der Waals surface area contributed by atoms with Crippen LogP contribution in [0.4, 0.5) is 0 Å². The molecule has 0 aliphatic carbocycles. The highest BCUT2D eigenvalue weighted by Crippen LogP contribution is 2.22. The molecule has 1 aromatic carbocycles. The smallest absolute Gasteiger partial charge is 0.120 e. The van der Waals surface area contributed by atoms with Gasteiger partial charge in [0.15, 0.2) is 0 Å². The predicted molar refractivity (Wildman–Crippen MR) is 74.6 cm³/mol. The Hall–Kier alpha value is -1.41. The molecular formula is C15H21N3O. The van der Waals surface area contributed by atoms with Crippen molar-refractivity contribution in [1.29, 1.82) is 5.26 Å². The SMILES string of the molecule is COCCNC1(C#N)CCN(Cc2ccccc2)C1. The Morgan fingerprint density at radius 3 is 2.89 bits per heavy atom. The largest absolute Gasteiger partial charge is 0.383 e. The molecule has 1 saturated heterocycles. The van der Waals surface area contributed by atoms with E-state index < -0.39 is 5.54 Å². The molecule has 4 nitrogen and oxygen atoms in total. The van der Waals surface area contributed by atoms with E-state index in [1.807, 2.05) is 6.07 Å². The first-order valence-corrected chi connectivity index (χ1v) is 6.69. The summed E-state index contributed by atoms with van der Waals surface area (Å²) in [6, 6.07) is 12.8. The molecule has 0 saturated carbocycles. The Labute approximate surface area is 115 Å². The van der Waals surface area contributed by atoms with Gasteiger partial charge in [0.25, 0.3) is 0 Å². The molecule has 1 atom stereocenters. The number of methoxy groups -OCH3 is 1. The van der Waals surface area contributed by atoms with E-state index in [2.05, 4.69) is 40.6 Å². The molecule has 0 spiro atoms. The van der Waals surface area contributed by atoms with Crippen LogP contribution in [0.25, 0.3) is 0 Å². The van der Waals surface area contributed by atoms with Crippen molar-refractivity contribution in [2.24, 2.45) is 0 Å². The number of hydrogen-bond donors (Lipinski definition) is 1. The van der Waals surface area contributed by atoms with Gasteiger partial charge in [0.2, 0.25) is 0 Å². The van der Waals surface area contributed by atoms with Crippen molar-refractivity contribution in [1.82, 2.24) is 10.2 Å². The van der Waals surface area contributed by atoms with Gasteiger partial charge < -0.3 is 4.74 Å². The Morgan fingerprint density at radius 2 is 2.21 bits per heavy atom. The third-order valence-electron chi connectivity index (χ3n) is 3.58. The summed E-state index contributed by atoms with van der Waals surface area (Å²) in [5, 5.41) is 12.8. The minimum Gasteiger partial charge on any atom is -0.383 e. The lowest BCUT2D eigenvalue weighted by Crippen LogP contribution is -2.47. The number of nitriles is 1. The third-order valence-corrected chi connectivity index (χ3v) is 3.58. The van der Waals surface area contributed by atoms with E-state index >= 15 is 0 Å². The summed E-state index contributed by atoms with van der Waals surface area (Å²) in [5.74, 6) is 0. The number of ether oxygens (including phenoxy) is 1. The summed E-state index contributed by atoms with van der Waals surface area (Å²) >= 11 is 0. The number of nitrogens with zero attached hydrogens (tertiary/aromatic N) is 2. The van der Waals surface area contributed by atoms with Gasteiger partial charge in [-0.05, 0) is 12.0 Å². The fourth-order valence-electron chi connectivity index (χ4n) is 2.53. The summed E-state index contributed by atoms with van der Waals surface area (Å²) in [5.41, 5.74) is 0.890. The molecule has 1 N–H and O–H groups in total. The summed E-state index contributed by atoms with van der Waals surface area (Å²) in [6.07, 6.45) is 0.875. The van der Waals surface area contributed by atoms with Gasteiger partial charge in [-0.1, -0.05) is 30.3 Å². The topological polar surface area (TPSA) is 48.3 Å². The molecule has 102 valence electrons. The van der Waals surface area contributed by atoms with E-state index in [1.54, 1.807) is 7.11 Å². The molecule has 2 rings (SSSR count). The molecule has 4 heteroatoms. The monoisotopic (exact) mass is 259 g/mol. The Balaban J connectivity index is 1.89. The van der Waals surface area contributed by atoms with Crippen LogP contribution in [0.5, 0.6) is 0 Å². The van der Waals surface area contributed by atoms with E-state index in [9.17, 15) is 5.26 Å². The molecule has 19 heavy (non-hydrogen) atoms. The molecule has 0 radical (unpaired) electrons. The normalized spacial score (nSPS) is 23.4. The fourth-order valence-corrected chi connectivity index (χ4v) is 2.53. The van der Waals surface area contributed by atoms with Crippen LogP contribution in [0.15, 0.2) is 30.3 Å². The van der Waals surface area contributed by atoms with Gasteiger partial charge in [0.1, 0.15) is 5.54 Å². The first kappa shape index (κ1) is 14.0. The first-order valence-electron chi connectivity index (χ1n) is 6.69. The highest BCUT2D eigenvalue weighted by molar-refractivity contribution is 5.17. The molecular weight excluding hydrogens is 238 g/mol. The van der Waals surface area contributed by atoms with E-state index in [-0.39, 0.29) is 0 Å². The van der Waals surface area contributed by atoms with E-state index in [0.29, 0.717) is 6.61 Å². The van der Waals surface area contributed by atoms with Crippen LogP contribution in [0, 0.1) is 11.3 Å². The highest BCUT2D eigenvalue weighted by atomic mass is 16.5. The van der Waals surface area contributed by atoms with Crippen LogP contribution in [0.2, 0.25) is 0 Å². The molecule has 0 amide bonds. The van der Waals surface area contributed by atoms with Crippen LogP contribution < -0.4 is 5.32 Å². The van der Waals surface area contributed by atoms with Crippen molar-refractivity contribution in [3.63, 3.8) is 0 Å². The second kappa shape index (κ2) is 6.67. The van der Waals surface area contributed by atoms with Crippen LogP contribution in [0.3, 0.4) is 0 Å². The maximum atomic E-state index is 9.42. The van der Waals surface area contributed by atoms with Crippen molar-refractivity contribution in [3.8, 4) is 6.07 Å². The quantitative estimate of drug-likeness (QED) is 0.784. The number of likely N-dealkylation sites (tertiary alicyclic amines) is 1. The standard InChI is InChI=1S/C15H21N3O/c1-19-10-8-17-15(12-16)7-9-18(13-15)11-14-5-3-2-4-6-14/h2-6,17H,7-11,13H2,1H3. The Morgan fingerprint density at radius 1 is 1.42 bits per heavy atom. The van der Waals surface area contributed by atoms with Gasteiger partial charge in [0.05, 0.1) is 12.7 Å². The zero-order valence-electron chi connectivity index (χ0n) is 11.4. The molecule has 1 heterocycles. The number of rotatable bonds is 6. The lowest BCUT2D eigenvalue weighted by atomic mass is 10.0. The number of benzene rings is 1. The van der Waals surface area contributed by atoms with Gasteiger partial charge in [0, 0.05) is 33.3 Å². The average Bonchev–Trinajstić information content (AvgIpc) is 2.84. The molecule has 0 aromatic heterocycles. The molecule has 1 aliphatic rings. The fraction of sp³-hybridized carbons (Fsp3) is 0.533. The van der Waals surface area contributed by atoms with E-state index in [4.69, 9.17) is 4.74 Å². The number of hydrogen-bond acceptors (Lipinski definition) is 4. The lowest BCUT2D eigenvalue weighted by Gasteiger charge is -2.23. The molecule has 1 aromatic rings. The minimum absolute atomic E-state index is 0.409. The molecule has 1 unspecified atom stereocenters. The van der Waals surface area contributed by atoms with Gasteiger partial charge >= 0.3 is 0 Å². The zero-order chi connectivity index (χ0) is 13.6. The van der Waals surface area contributed by atoms with Crippen molar-refractivity contribution < 1.29 is 4.74 Å². The number of nitrogens with one attached hydrogen (secondary N) is 1. The maximum Gasteiger partial charge on any atom is 0.120 e. The molecule has 1 fully saturated rings. The predicted octanol–water partition coefficient (Wildman–Crippen LogP) is 1.39. The summed E-state index contributed by atoms with van der Waals surface area (Å²) in [4.78, 5) is 2.33. The summed E-state index contributed by atoms with van der Waals surface area (Å²) in [6.45, 7) is 4.02. The van der Waals surface area contributed by atoms with Crippen LogP contribution in [-0.2, 0) is 11.3 Å². The van der Waals surface area contributed by atoms with Gasteiger partial charge in [-0.3, -0.25) is 10.2 Å². The van der Waals surface area contributed by atoms with Gasteiger partial charge in [-0.2, -0.15) is 5.26 Å². The first-order chi connectivity index (χ1) is 9.28. The molecule has 0 bridgehead atoms. The maximum absolute atomic E-state index is 9.42. The third kappa shape index (κ3) is 3.77. The Bertz CT molecular complexity index is 429. The van der Waals surface area contributed by atoms with Crippen LogP contribution >= 0.6 is 0 Å². The van der Waals surface area contributed by atoms with Crippen molar-refractivity contribution in [3.05, 3.63) is 35.9 Å². The van der Waals surface area contributed by atoms with E-state index in [1.165, 1.54) is 5.56 Å². The minimum atomic E-state index is -0.409. The highest BCUT2D eigenvalue weighted by Gasteiger charge is 2.37. The second-order valence-electron chi connectivity index (χ2n) is 5.06. The van der Waals surface area contributed by atoms with Crippen LogP contribution in [-0.4, -0.2) is 43.8 Å². The van der Waals surface area contributed by atoms with Crippen molar-refractivity contribution in [2.75, 3.05) is 33.4 Å². The average molecular weight is 259 g/mol. The van der Waals surface area contributed by atoms with Gasteiger partial charge in [-0.25, -0.2) is 0 Å². The second-order valence-corrected chi connectivity index (χ2v) is 5.06. The molecule has 1 aliphatic heterocycles. The van der Waals surface area contributed by atoms with Crippen LogP contribution in [0.1, 0.15) is 12.0 Å². The summed E-state index contributed by atoms with van der Waals surface area (Å²) in [7, 11) is 1.68. The zero-order valence-corrected chi connectivity index (χ0v) is 11.4. The lowest BCUT2D eigenvalue weighted by molar-refractivity contribution is 0.190. The van der Waals surface area contributed by atoms with Gasteiger partial charge in [-0.15, -0.1) is 0 Å². The summed E-state index contributed by atoms with van der Waals surface area (Å²) < 4.78 is 5.03. The van der Waals surface area contributed by atoms with Crippen molar-refractivity contribution in [2.45, 2.75) is 18.5 Å². The Kier molecular flexibility index (Phi) is 4.92.